The molecule has 92 valence electrons. The molecule has 3 N–H and O–H groups in total. The van der Waals surface area contributed by atoms with Gasteiger partial charge in [0.2, 0.25) is 0 Å². The van der Waals surface area contributed by atoms with Crippen molar-refractivity contribution in [3.8, 4) is 0 Å². The van der Waals surface area contributed by atoms with E-state index in [1.54, 1.807) is 6.20 Å². The first-order valence-electron chi connectivity index (χ1n) is 5.95. The molecular formula is C12H18N4O. The predicted octanol–water partition coefficient (Wildman–Crippen LogP) is 0.369. The Labute approximate surface area is 101 Å². The Hall–Kier alpha value is -1.62. The SMILES string of the molecule is CCNC(=O)c1cc(N2CCC(N)C2)ccn1. The Balaban J connectivity index is 2.14. The molecule has 2 heterocycles. The molecule has 1 aromatic heterocycles. The minimum atomic E-state index is -0.127. The Bertz CT molecular complexity index is 407. The summed E-state index contributed by atoms with van der Waals surface area (Å²) in [5.41, 5.74) is 7.36. The lowest BCUT2D eigenvalue weighted by atomic mass is 10.3. The molecule has 1 aliphatic heterocycles. The molecule has 0 saturated carbocycles. The fourth-order valence-corrected chi connectivity index (χ4v) is 2.01. The van der Waals surface area contributed by atoms with Crippen LogP contribution in [0.5, 0.6) is 0 Å². The first-order valence-corrected chi connectivity index (χ1v) is 5.95. The van der Waals surface area contributed by atoms with Gasteiger partial charge in [-0.25, -0.2) is 0 Å². The molecule has 17 heavy (non-hydrogen) atoms. The molecule has 0 spiro atoms. The van der Waals surface area contributed by atoms with E-state index in [9.17, 15) is 4.79 Å². The van der Waals surface area contributed by atoms with Gasteiger partial charge in [0.05, 0.1) is 0 Å². The van der Waals surface area contributed by atoms with E-state index in [2.05, 4.69) is 15.2 Å². The van der Waals surface area contributed by atoms with Crippen LogP contribution >= 0.6 is 0 Å². The quantitative estimate of drug-likeness (QED) is 0.792. The molecule has 1 aromatic rings. The largest absolute Gasteiger partial charge is 0.370 e. The van der Waals surface area contributed by atoms with Gasteiger partial charge in [-0.1, -0.05) is 0 Å². The predicted molar refractivity (Wildman–Crippen MR) is 67.0 cm³/mol. The van der Waals surface area contributed by atoms with E-state index in [1.807, 2.05) is 19.1 Å². The van der Waals surface area contributed by atoms with Gasteiger partial charge < -0.3 is 16.0 Å². The number of aromatic nitrogens is 1. The van der Waals surface area contributed by atoms with Gasteiger partial charge in [0.25, 0.3) is 5.91 Å². The number of rotatable bonds is 3. The maximum Gasteiger partial charge on any atom is 0.269 e. The average molecular weight is 234 g/mol. The van der Waals surface area contributed by atoms with Crippen LogP contribution in [0.2, 0.25) is 0 Å². The topological polar surface area (TPSA) is 71.2 Å². The van der Waals surface area contributed by atoms with Crippen molar-refractivity contribution in [3.63, 3.8) is 0 Å². The number of carbonyl (C=O) groups excluding carboxylic acids is 1. The summed E-state index contributed by atoms with van der Waals surface area (Å²) in [6.45, 7) is 4.29. The second-order valence-corrected chi connectivity index (χ2v) is 4.25. The molecule has 1 atom stereocenters. The third-order valence-corrected chi connectivity index (χ3v) is 2.90. The van der Waals surface area contributed by atoms with Crippen LogP contribution in [-0.2, 0) is 0 Å². The van der Waals surface area contributed by atoms with Gasteiger partial charge in [0.1, 0.15) is 5.69 Å². The lowest BCUT2D eigenvalue weighted by Crippen LogP contribution is -2.27. The number of pyridine rings is 1. The van der Waals surface area contributed by atoms with Gasteiger partial charge in [0.15, 0.2) is 0 Å². The van der Waals surface area contributed by atoms with Crippen molar-refractivity contribution in [2.75, 3.05) is 24.5 Å². The fraction of sp³-hybridized carbons (Fsp3) is 0.500. The van der Waals surface area contributed by atoms with Crippen molar-refractivity contribution >= 4 is 11.6 Å². The molecule has 5 nitrogen and oxygen atoms in total. The highest BCUT2D eigenvalue weighted by Crippen LogP contribution is 2.19. The van der Waals surface area contributed by atoms with Crippen molar-refractivity contribution in [2.24, 2.45) is 5.73 Å². The van der Waals surface area contributed by atoms with Crippen LogP contribution in [-0.4, -0.2) is 36.6 Å². The van der Waals surface area contributed by atoms with Crippen LogP contribution in [0.25, 0.3) is 0 Å². The van der Waals surface area contributed by atoms with Crippen LogP contribution < -0.4 is 16.0 Å². The van der Waals surface area contributed by atoms with Gasteiger partial charge >= 0.3 is 0 Å². The normalized spacial score (nSPS) is 19.4. The summed E-state index contributed by atoms with van der Waals surface area (Å²) in [5.74, 6) is -0.127. The molecule has 1 unspecified atom stereocenters. The zero-order valence-corrected chi connectivity index (χ0v) is 10.0. The summed E-state index contributed by atoms with van der Waals surface area (Å²) in [7, 11) is 0. The summed E-state index contributed by atoms with van der Waals surface area (Å²) < 4.78 is 0. The summed E-state index contributed by atoms with van der Waals surface area (Å²) in [4.78, 5) is 17.9. The maximum absolute atomic E-state index is 11.7. The lowest BCUT2D eigenvalue weighted by molar-refractivity contribution is 0.0951. The van der Waals surface area contributed by atoms with Crippen molar-refractivity contribution in [2.45, 2.75) is 19.4 Å². The first kappa shape index (κ1) is 11.9. The number of nitrogens with one attached hydrogen (secondary N) is 1. The number of anilines is 1. The molecule has 0 bridgehead atoms. The average Bonchev–Trinajstić information content (AvgIpc) is 2.76. The van der Waals surface area contributed by atoms with Gasteiger partial charge in [0, 0.05) is 37.6 Å². The van der Waals surface area contributed by atoms with E-state index in [-0.39, 0.29) is 11.9 Å². The monoisotopic (exact) mass is 234 g/mol. The third kappa shape index (κ3) is 2.74. The molecular weight excluding hydrogens is 216 g/mol. The van der Waals surface area contributed by atoms with Crippen LogP contribution in [0.4, 0.5) is 5.69 Å². The Kier molecular flexibility index (Phi) is 3.58. The lowest BCUT2D eigenvalue weighted by Gasteiger charge is -2.18. The zero-order valence-electron chi connectivity index (χ0n) is 10.0. The van der Waals surface area contributed by atoms with Gasteiger partial charge in [-0.3, -0.25) is 9.78 Å². The number of hydrogen-bond donors (Lipinski definition) is 2. The van der Waals surface area contributed by atoms with E-state index in [4.69, 9.17) is 5.73 Å². The van der Waals surface area contributed by atoms with E-state index in [0.29, 0.717) is 12.2 Å². The molecule has 0 radical (unpaired) electrons. The van der Waals surface area contributed by atoms with E-state index in [0.717, 1.165) is 25.2 Å². The highest BCUT2D eigenvalue weighted by molar-refractivity contribution is 5.93. The Morgan fingerprint density at radius 1 is 1.71 bits per heavy atom. The molecule has 0 aromatic carbocycles. The molecule has 2 rings (SSSR count). The molecule has 1 aliphatic rings. The van der Waals surface area contributed by atoms with E-state index >= 15 is 0 Å². The fourth-order valence-electron chi connectivity index (χ4n) is 2.01. The van der Waals surface area contributed by atoms with E-state index < -0.39 is 0 Å². The Morgan fingerprint density at radius 2 is 2.53 bits per heavy atom. The zero-order chi connectivity index (χ0) is 12.3. The van der Waals surface area contributed by atoms with Crippen LogP contribution in [0.15, 0.2) is 18.3 Å². The number of hydrogen-bond acceptors (Lipinski definition) is 4. The van der Waals surface area contributed by atoms with E-state index in [1.165, 1.54) is 0 Å². The third-order valence-electron chi connectivity index (χ3n) is 2.90. The van der Waals surface area contributed by atoms with Crippen LogP contribution in [0.1, 0.15) is 23.8 Å². The minimum absolute atomic E-state index is 0.127. The summed E-state index contributed by atoms with van der Waals surface area (Å²) in [6.07, 6.45) is 2.67. The second kappa shape index (κ2) is 5.14. The molecule has 5 heteroatoms. The van der Waals surface area contributed by atoms with Gasteiger partial charge in [-0.2, -0.15) is 0 Å². The number of nitrogens with zero attached hydrogens (tertiary/aromatic N) is 2. The molecule has 1 fully saturated rings. The summed E-state index contributed by atoms with van der Waals surface area (Å²) in [6, 6.07) is 3.97. The van der Waals surface area contributed by atoms with Crippen molar-refractivity contribution in [1.82, 2.24) is 10.3 Å². The minimum Gasteiger partial charge on any atom is -0.370 e. The van der Waals surface area contributed by atoms with Crippen molar-refractivity contribution in [3.05, 3.63) is 24.0 Å². The summed E-state index contributed by atoms with van der Waals surface area (Å²) in [5, 5.41) is 2.74. The van der Waals surface area contributed by atoms with Crippen molar-refractivity contribution in [1.29, 1.82) is 0 Å². The highest BCUT2D eigenvalue weighted by atomic mass is 16.1. The maximum atomic E-state index is 11.7. The summed E-state index contributed by atoms with van der Waals surface area (Å²) >= 11 is 0. The first-order chi connectivity index (χ1) is 8.20. The molecule has 0 aliphatic carbocycles. The van der Waals surface area contributed by atoms with Crippen molar-refractivity contribution < 1.29 is 4.79 Å². The Morgan fingerprint density at radius 3 is 3.18 bits per heavy atom. The number of amides is 1. The van der Waals surface area contributed by atoms with Gasteiger partial charge in [-0.05, 0) is 25.5 Å². The molecule has 1 saturated heterocycles. The standard InChI is InChI=1S/C12H18N4O/c1-2-14-12(17)11-7-10(3-5-15-11)16-6-4-9(13)8-16/h3,5,7,9H,2,4,6,8,13H2,1H3,(H,14,17). The molecule has 1 amide bonds. The number of carbonyl (C=O) groups is 1. The number of nitrogens with two attached hydrogens (primary N) is 1. The van der Waals surface area contributed by atoms with Gasteiger partial charge in [-0.15, -0.1) is 0 Å². The highest BCUT2D eigenvalue weighted by Gasteiger charge is 2.20. The second-order valence-electron chi connectivity index (χ2n) is 4.25. The van der Waals surface area contributed by atoms with Crippen LogP contribution in [0.3, 0.4) is 0 Å². The smallest absolute Gasteiger partial charge is 0.269 e. The van der Waals surface area contributed by atoms with Crippen LogP contribution in [0, 0.1) is 0 Å².